The fourth-order valence-electron chi connectivity index (χ4n) is 7.35. The van der Waals surface area contributed by atoms with Gasteiger partial charge in [-0.3, -0.25) is 4.98 Å². The number of aromatic nitrogens is 3. The Labute approximate surface area is 274 Å². The summed E-state index contributed by atoms with van der Waals surface area (Å²) in [4.78, 5) is 14.6. The van der Waals surface area contributed by atoms with Gasteiger partial charge in [-0.05, 0) is 91.3 Å². The molecule has 0 atom stereocenters. The van der Waals surface area contributed by atoms with Gasteiger partial charge >= 0.3 is 0 Å². The summed E-state index contributed by atoms with van der Waals surface area (Å²) in [5.74, 6) is 0.706. The molecule has 9 rings (SSSR count). The van der Waals surface area contributed by atoms with Gasteiger partial charge in [0, 0.05) is 34.5 Å². The smallest absolute Gasteiger partial charge is 0.160 e. The monoisotopic (exact) mass is 601 g/mol. The molecular weight excluding hydrogens is 571 g/mol. The van der Waals surface area contributed by atoms with Gasteiger partial charge in [0.05, 0.1) is 11.4 Å². The molecule has 0 N–H and O–H groups in total. The largest absolute Gasteiger partial charge is 0.265 e. The molecule has 2 heterocycles. The van der Waals surface area contributed by atoms with Crippen LogP contribution in [-0.4, -0.2) is 15.0 Å². The Hall–Kier alpha value is -5.93. The number of fused-ring (bicyclic) bond motifs is 6. The number of rotatable bonds is 4. The van der Waals surface area contributed by atoms with Gasteiger partial charge in [0.25, 0.3) is 0 Å². The third-order valence-corrected chi connectivity index (χ3v) is 9.79. The van der Waals surface area contributed by atoms with E-state index in [0.717, 1.165) is 39.2 Å². The van der Waals surface area contributed by atoms with E-state index >= 15 is 0 Å². The molecule has 47 heavy (non-hydrogen) atoms. The van der Waals surface area contributed by atoms with Crippen LogP contribution in [0, 0.1) is 0 Å². The lowest BCUT2D eigenvalue weighted by molar-refractivity contribution is 0.661. The van der Waals surface area contributed by atoms with Crippen LogP contribution in [0.3, 0.4) is 0 Å². The molecule has 0 unspecified atom stereocenters. The number of nitrogens with zero attached hydrogens (tertiary/aromatic N) is 3. The summed E-state index contributed by atoms with van der Waals surface area (Å²) in [5, 5.41) is 4.97. The lowest BCUT2D eigenvalue weighted by atomic mass is 9.81. The lowest BCUT2D eigenvalue weighted by Gasteiger charge is -2.22. The van der Waals surface area contributed by atoms with E-state index in [1.165, 1.54) is 43.8 Å². The van der Waals surface area contributed by atoms with Crippen LogP contribution in [0.4, 0.5) is 0 Å². The van der Waals surface area contributed by atoms with Crippen molar-refractivity contribution in [2.24, 2.45) is 0 Å². The Morgan fingerprint density at radius 2 is 1.09 bits per heavy atom. The van der Waals surface area contributed by atoms with Crippen LogP contribution in [0.1, 0.15) is 25.0 Å². The van der Waals surface area contributed by atoms with E-state index in [2.05, 4.69) is 128 Å². The van der Waals surface area contributed by atoms with Crippen molar-refractivity contribution in [3.05, 3.63) is 163 Å². The summed E-state index contributed by atoms with van der Waals surface area (Å²) in [6.45, 7) is 4.69. The predicted octanol–water partition coefficient (Wildman–Crippen LogP) is 11.2. The minimum atomic E-state index is -0.0613. The minimum Gasteiger partial charge on any atom is -0.265 e. The van der Waals surface area contributed by atoms with Gasteiger partial charge in [-0.1, -0.05) is 117 Å². The highest BCUT2D eigenvalue weighted by molar-refractivity contribution is 6.11. The normalized spacial score (nSPS) is 13.1. The summed E-state index contributed by atoms with van der Waals surface area (Å²) in [5.41, 5.74) is 12.5. The molecular formula is C44H31N3. The molecule has 0 spiro atoms. The van der Waals surface area contributed by atoms with Crippen molar-refractivity contribution >= 4 is 21.5 Å². The van der Waals surface area contributed by atoms with E-state index in [9.17, 15) is 0 Å². The molecule has 0 aliphatic heterocycles. The number of hydrogen-bond donors (Lipinski definition) is 0. The van der Waals surface area contributed by atoms with Crippen LogP contribution >= 0.6 is 0 Å². The van der Waals surface area contributed by atoms with Crippen molar-refractivity contribution in [2.45, 2.75) is 19.3 Å². The maximum atomic E-state index is 5.18. The molecule has 3 nitrogen and oxygen atoms in total. The first-order chi connectivity index (χ1) is 23.0. The quantitative estimate of drug-likeness (QED) is 0.188. The van der Waals surface area contributed by atoms with E-state index < -0.39 is 0 Å². The van der Waals surface area contributed by atoms with Crippen LogP contribution in [-0.2, 0) is 5.41 Å². The molecule has 0 bridgehead atoms. The van der Waals surface area contributed by atoms with Crippen LogP contribution in [0.5, 0.6) is 0 Å². The topological polar surface area (TPSA) is 38.7 Å². The first kappa shape index (κ1) is 27.4. The molecule has 0 fully saturated rings. The van der Waals surface area contributed by atoms with Gasteiger partial charge in [-0.2, -0.15) is 0 Å². The maximum absolute atomic E-state index is 5.18. The average Bonchev–Trinajstić information content (AvgIpc) is 3.36. The third-order valence-electron chi connectivity index (χ3n) is 9.79. The highest BCUT2D eigenvalue weighted by atomic mass is 14.9. The second kappa shape index (κ2) is 10.6. The Morgan fingerprint density at radius 1 is 0.426 bits per heavy atom. The second-order valence-corrected chi connectivity index (χ2v) is 12.9. The Morgan fingerprint density at radius 3 is 1.91 bits per heavy atom. The van der Waals surface area contributed by atoms with Gasteiger partial charge < -0.3 is 0 Å². The fraction of sp³-hybridized carbons (Fsp3) is 0.0682. The van der Waals surface area contributed by atoms with E-state index in [0.29, 0.717) is 5.82 Å². The fourth-order valence-corrected chi connectivity index (χ4v) is 7.35. The van der Waals surface area contributed by atoms with Gasteiger partial charge in [0.15, 0.2) is 5.82 Å². The van der Waals surface area contributed by atoms with Crippen molar-refractivity contribution in [1.29, 1.82) is 0 Å². The molecule has 222 valence electrons. The standard InChI is InChI=1S/C44H31N3/c1-44(2)39-15-9-8-13-34(39)38-24-31-18-16-28-17-19-32(25-36(28)37(31)26-40(38)44)41-27-42(47-43(46-41)30-10-4-3-5-11-30)35-14-7-6-12-33(35)29-20-22-45-23-21-29/h3-27H,1-2H3. The molecule has 1 aliphatic rings. The molecule has 0 radical (unpaired) electrons. The summed E-state index contributed by atoms with van der Waals surface area (Å²) < 4.78 is 0. The number of hydrogen-bond acceptors (Lipinski definition) is 3. The van der Waals surface area contributed by atoms with Crippen LogP contribution in [0.2, 0.25) is 0 Å². The zero-order chi connectivity index (χ0) is 31.5. The van der Waals surface area contributed by atoms with Crippen LogP contribution in [0.25, 0.3) is 77.7 Å². The van der Waals surface area contributed by atoms with Gasteiger partial charge in [0.2, 0.25) is 0 Å². The summed E-state index contributed by atoms with van der Waals surface area (Å²) >= 11 is 0. The first-order valence-electron chi connectivity index (χ1n) is 16.1. The number of pyridine rings is 1. The summed E-state index contributed by atoms with van der Waals surface area (Å²) in [7, 11) is 0. The van der Waals surface area contributed by atoms with Gasteiger partial charge in [-0.15, -0.1) is 0 Å². The Bertz CT molecular complexity index is 2480. The zero-order valence-corrected chi connectivity index (χ0v) is 26.3. The zero-order valence-electron chi connectivity index (χ0n) is 26.3. The van der Waals surface area contributed by atoms with E-state index in [-0.39, 0.29) is 5.41 Å². The maximum Gasteiger partial charge on any atom is 0.160 e. The van der Waals surface area contributed by atoms with Crippen molar-refractivity contribution in [3.63, 3.8) is 0 Å². The predicted molar refractivity (Wildman–Crippen MR) is 194 cm³/mol. The third kappa shape index (κ3) is 4.46. The van der Waals surface area contributed by atoms with E-state index in [1.54, 1.807) is 0 Å². The molecule has 0 saturated carbocycles. The summed E-state index contributed by atoms with van der Waals surface area (Å²) in [6.07, 6.45) is 3.67. The van der Waals surface area contributed by atoms with E-state index in [4.69, 9.17) is 9.97 Å². The van der Waals surface area contributed by atoms with E-state index in [1.807, 2.05) is 42.7 Å². The van der Waals surface area contributed by atoms with Crippen molar-refractivity contribution < 1.29 is 0 Å². The molecule has 1 aliphatic carbocycles. The average molecular weight is 602 g/mol. The first-order valence-corrected chi connectivity index (χ1v) is 16.1. The molecule has 0 saturated heterocycles. The van der Waals surface area contributed by atoms with Crippen molar-refractivity contribution in [2.75, 3.05) is 0 Å². The minimum absolute atomic E-state index is 0.0613. The van der Waals surface area contributed by atoms with Crippen molar-refractivity contribution in [1.82, 2.24) is 15.0 Å². The molecule has 3 heteroatoms. The molecule has 0 amide bonds. The van der Waals surface area contributed by atoms with Crippen LogP contribution in [0.15, 0.2) is 152 Å². The number of benzene rings is 6. The SMILES string of the molecule is CC1(C)c2ccccc2-c2cc3ccc4ccc(-c5cc(-c6ccccc6-c6ccncc6)nc(-c6ccccc6)n5)cc4c3cc21. The molecule has 2 aromatic heterocycles. The Kier molecular flexibility index (Phi) is 6.16. The van der Waals surface area contributed by atoms with Gasteiger partial charge in [-0.25, -0.2) is 9.97 Å². The second-order valence-electron chi connectivity index (χ2n) is 12.9. The van der Waals surface area contributed by atoms with Gasteiger partial charge in [0.1, 0.15) is 0 Å². The highest BCUT2D eigenvalue weighted by Gasteiger charge is 2.35. The Balaban J connectivity index is 1.26. The summed E-state index contributed by atoms with van der Waals surface area (Å²) in [6, 6.07) is 49.8. The highest BCUT2D eigenvalue weighted by Crippen LogP contribution is 2.50. The molecule has 8 aromatic rings. The van der Waals surface area contributed by atoms with Crippen molar-refractivity contribution in [3.8, 4) is 56.2 Å². The molecule has 6 aromatic carbocycles. The van der Waals surface area contributed by atoms with Crippen LogP contribution < -0.4 is 0 Å². The lowest BCUT2D eigenvalue weighted by Crippen LogP contribution is -2.14.